The third kappa shape index (κ3) is 4.99. The lowest BCUT2D eigenvalue weighted by molar-refractivity contribution is -0.147. The third-order valence-electron chi connectivity index (χ3n) is 3.74. The topological polar surface area (TPSA) is 71.1 Å². The number of esters is 1. The Morgan fingerprint density at radius 3 is 2.27 bits per heavy atom. The van der Waals surface area contributed by atoms with Gasteiger partial charge in [-0.15, -0.1) is 0 Å². The second-order valence-corrected chi connectivity index (χ2v) is 5.69. The molecule has 0 bridgehead atoms. The largest absolute Gasteiger partial charge is 0.496 e. The summed E-state index contributed by atoms with van der Waals surface area (Å²) in [6.45, 7) is 3.23. The zero-order valence-corrected chi connectivity index (χ0v) is 15.3. The molecule has 2 rings (SSSR count). The lowest BCUT2D eigenvalue weighted by Gasteiger charge is -2.12. The van der Waals surface area contributed by atoms with Gasteiger partial charge in [0.2, 0.25) is 0 Å². The molecular formula is C20H22O6. The van der Waals surface area contributed by atoms with E-state index < -0.39 is 5.97 Å². The summed E-state index contributed by atoms with van der Waals surface area (Å²) >= 11 is 0. The first-order valence-corrected chi connectivity index (χ1v) is 8.05. The van der Waals surface area contributed by atoms with Crippen molar-refractivity contribution in [3.05, 3.63) is 53.1 Å². The first-order chi connectivity index (χ1) is 12.4. The predicted molar refractivity (Wildman–Crippen MR) is 96.0 cm³/mol. The second-order valence-electron chi connectivity index (χ2n) is 5.69. The average molecular weight is 358 g/mol. The molecular weight excluding hydrogens is 336 g/mol. The SMILES string of the molecule is COc1ccc(C)cc1COC(=O)COc1ccc(C(C)=O)cc1OC. The second kappa shape index (κ2) is 8.89. The van der Waals surface area contributed by atoms with Crippen LogP contribution in [0, 0.1) is 6.92 Å². The smallest absolute Gasteiger partial charge is 0.344 e. The fourth-order valence-corrected chi connectivity index (χ4v) is 2.36. The van der Waals surface area contributed by atoms with Crippen molar-refractivity contribution in [2.75, 3.05) is 20.8 Å². The number of rotatable bonds is 8. The summed E-state index contributed by atoms with van der Waals surface area (Å²) in [5.41, 5.74) is 2.33. The predicted octanol–water partition coefficient (Wildman–Crippen LogP) is 3.34. The molecule has 0 aromatic heterocycles. The average Bonchev–Trinajstić information content (AvgIpc) is 2.64. The Hall–Kier alpha value is -3.02. The number of ketones is 1. The van der Waals surface area contributed by atoms with Gasteiger partial charge < -0.3 is 18.9 Å². The molecule has 0 N–H and O–H groups in total. The van der Waals surface area contributed by atoms with Crippen molar-refractivity contribution in [1.29, 1.82) is 0 Å². The van der Waals surface area contributed by atoms with Crippen LogP contribution in [0.25, 0.3) is 0 Å². The molecule has 6 nitrogen and oxygen atoms in total. The zero-order chi connectivity index (χ0) is 19.1. The molecule has 6 heteroatoms. The summed E-state index contributed by atoms with van der Waals surface area (Å²) in [5.74, 6) is 0.798. The number of benzene rings is 2. The van der Waals surface area contributed by atoms with Crippen LogP contribution in [0.15, 0.2) is 36.4 Å². The standard InChI is InChI=1S/C20H22O6/c1-13-5-7-17(23-3)16(9-13)11-26-20(22)12-25-18-8-6-15(14(2)21)10-19(18)24-4/h5-10H,11-12H2,1-4H3. The van der Waals surface area contributed by atoms with Crippen molar-refractivity contribution in [2.24, 2.45) is 0 Å². The number of hydrogen-bond acceptors (Lipinski definition) is 6. The van der Waals surface area contributed by atoms with Gasteiger partial charge in [0.15, 0.2) is 23.9 Å². The molecule has 0 aliphatic heterocycles. The maximum atomic E-state index is 12.0. The summed E-state index contributed by atoms with van der Waals surface area (Å²) in [6, 6.07) is 10.4. The maximum Gasteiger partial charge on any atom is 0.344 e. The Morgan fingerprint density at radius 1 is 0.923 bits per heavy atom. The van der Waals surface area contributed by atoms with E-state index in [1.807, 2.05) is 25.1 Å². The maximum absolute atomic E-state index is 12.0. The van der Waals surface area contributed by atoms with E-state index in [-0.39, 0.29) is 19.0 Å². The van der Waals surface area contributed by atoms with Crippen LogP contribution < -0.4 is 14.2 Å². The quantitative estimate of drug-likeness (QED) is 0.532. The van der Waals surface area contributed by atoms with Gasteiger partial charge in [-0.1, -0.05) is 11.6 Å². The number of carbonyl (C=O) groups excluding carboxylic acids is 2. The van der Waals surface area contributed by atoms with Crippen LogP contribution in [-0.4, -0.2) is 32.6 Å². The molecule has 0 saturated carbocycles. The Labute approximate surface area is 152 Å². The van der Waals surface area contributed by atoms with Crippen LogP contribution in [0.3, 0.4) is 0 Å². The fraction of sp³-hybridized carbons (Fsp3) is 0.300. The first kappa shape index (κ1) is 19.3. The summed E-state index contributed by atoms with van der Waals surface area (Å²) in [7, 11) is 3.03. The minimum atomic E-state index is -0.522. The summed E-state index contributed by atoms with van der Waals surface area (Å²) in [6.07, 6.45) is 0. The van der Waals surface area contributed by atoms with Crippen molar-refractivity contribution in [1.82, 2.24) is 0 Å². The van der Waals surface area contributed by atoms with Crippen LogP contribution in [0.2, 0.25) is 0 Å². The highest BCUT2D eigenvalue weighted by Gasteiger charge is 2.12. The van der Waals surface area contributed by atoms with Gasteiger partial charge in [0.05, 0.1) is 14.2 Å². The molecule has 138 valence electrons. The van der Waals surface area contributed by atoms with E-state index in [1.54, 1.807) is 25.3 Å². The van der Waals surface area contributed by atoms with Gasteiger partial charge >= 0.3 is 5.97 Å². The highest BCUT2D eigenvalue weighted by atomic mass is 16.6. The Bertz CT molecular complexity index is 797. The van der Waals surface area contributed by atoms with E-state index >= 15 is 0 Å². The number of hydrogen-bond donors (Lipinski definition) is 0. The lowest BCUT2D eigenvalue weighted by Crippen LogP contribution is -2.15. The van der Waals surface area contributed by atoms with Crippen LogP contribution in [0.4, 0.5) is 0 Å². The molecule has 26 heavy (non-hydrogen) atoms. The summed E-state index contributed by atoms with van der Waals surface area (Å²) < 4.78 is 21.1. The van der Waals surface area contributed by atoms with Gasteiger partial charge in [-0.3, -0.25) is 4.79 Å². The Balaban J connectivity index is 1.95. The van der Waals surface area contributed by atoms with Crippen molar-refractivity contribution in [3.63, 3.8) is 0 Å². The van der Waals surface area contributed by atoms with Crippen LogP contribution >= 0.6 is 0 Å². The van der Waals surface area contributed by atoms with E-state index in [9.17, 15) is 9.59 Å². The van der Waals surface area contributed by atoms with Gasteiger partial charge in [-0.05, 0) is 44.2 Å². The number of aryl methyl sites for hydroxylation is 1. The van der Waals surface area contributed by atoms with E-state index in [0.717, 1.165) is 11.1 Å². The van der Waals surface area contributed by atoms with E-state index in [4.69, 9.17) is 18.9 Å². The molecule has 2 aromatic rings. The molecule has 0 aliphatic carbocycles. The van der Waals surface area contributed by atoms with E-state index in [0.29, 0.717) is 22.8 Å². The van der Waals surface area contributed by atoms with Gasteiger partial charge in [0.25, 0.3) is 0 Å². The Morgan fingerprint density at radius 2 is 1.62 bits per heavy atom. The molecule has 0 heterocycles. The lowest BCUT2D eigenvalue weighted by atomic mass is 10.1. The molecule has 2 aromatic carbocycles. The van der Waals surface area contributed by atoms with Gasteiger partial charge in [-0.25, -0.2) is 4.79 Å². The minimum Gasteiger partial charge on any atom is -0.496 e. The third-order valence-corrected chi connectivity index (χ3v) is 3.74. The van der Waals surface area contributed by atoms with Crippen LogP contribution in [0.5, 0.6) is 17.2 Å². The number of ether oxygens (including phenoxy) is 4. The summed E-state index contributed by atoms with van der Waals surface area (Å²) in [5, 5.41) is 0. The zero-order valence-electron chi connectivity index (χ0n) is 15.3. The first-order valence-electron chi connectivity index (χ1n) is 8.05. The fourth-order valence-electron chi connectivity index (χ4n) is 2.36. The van der Waals surface area contributed by atoms with Crippen LogP contribution in [0.1, 0.15) is 28.4 Å². The van der Waals surface area contributed by atoms with Crippen molar-refractivity contribution >= 4 is 11.8 Å². The molecule has 0 atom stereocenters. The van der Waals surface area contributed by atoms with Crippen LogP contribution in [-0.2, 0) is 16.1 Å². The van der Waals surface area contributed by atoms with Crippen molar-refractivity contribution in [3.8, 4) is 17.2 Å². The number of carbonyl (C=O) groups is 2. The highest BCUT2D eigenvalue weighted by Crippen LogP contribution is 2.28. The monoisotopic (exact) mass is 358 g/mol. The molecule has 0 amide bonds. The molecule has 0 unspecified atom stereocenters. The van der Waals surface area contributed by atoms with Gasteiger partial charge in [0.1, 0.15) is 12.4 Å². The normalized spacial score (nSPS) is 10.2. The Kier molecular flexibility index (Phi) is 6.60. The van der Waals surface area contributed by atoms with Crippen molar-refractivity contribution < 1.29 is 28.5 Å². The summed E-state index contributed by atoms with van der Waals surface area (Å²) in [4.78, 5) is 23.4. The molecule has 0 saturated heterocycles. The minimum absolute atomic E-state index is 0.0821. The van der Waals surface area contributed by atoms with Gasteiger partial charge in [0, 0.05) is 11.1 Å². The molecule has 0 aliphatic rings. The van der Waals surface area contributed by atoms with Gasteiger partial charge in [-0.2, -0.15) is 0 Å². The van der Waals surface area contributed by atoms with E-state index in [1.165, 1.54) is 14.0 Å². The number of methoxy groups -OCH3 is 2. The van der Waals surface area contributed by atoms with E-state index in [2.05, 4.69) is 0 Å². The highest BCUT2D eigenvalue weighted by molar-refractivity contribution is 5.94. The molecule has 0 radical (unpaired) electrons. The molecule has 0 fully saturated rings. The number of Topliss-reactive ketones (excluding diaryl/α,β-unsaturated/α-hetero) is 1. The molecule has 0 spiro atoms. The van der Waals surface area contributed by atoms with Crippen molar-refractivity contribution in [2.45, 2.75) is 20.5 Å².